The lowest BCUT2D eigenvalue weighted by Gasteiger charge is -2.20. The zero-order valence-corrected chi connectivity index (χ0v) is 9.30. The molecule has 0 saturated carbocycles. The summed E-state index contributed by atoms with van der Waals surface area (Å²) in [5.74, 6) is 0.776. The van der Waals surface area contributed by atoms with E-state index in [1.165, 1.54) is 0 Å². The normalized spacial score (nSPS) is 25.1. The van der Waals surface area contributed by atoms with Crippen LogP contribution in [0.2, 0.25) is 0 Å². The number of aryl methyl sites for hydroxylation is 1. The summed E-state index contributed by atoms with van der Waals surface area (Å²) in [5.41, 5.74) is 7.49. The fourth-order valence-electron chi connectivity index (χ4n) is 1.95. The van der Waals surface area contributed by atoms with E-state index in [0.29, 0.717) is 19.6 Å². The lowest BCUT2D eigenvalue weighted by atomic mass is 10.2. The van der Waals surface area contributed by atoms with Gasteiger partial charge in [-0.25, -0.2) is 4.98 Å². The third kappa shape index (κ3) is 2.02. The van der Waals surface area contributed by atoms with Crippen LogP contribution in [0.15, 0.2) is 12.1 Å². The van der Waals surface area contributed by atoms with Crippen molar-refractivity contribution in [1.29, 1.82) is 0 Å². The minimum atomic E-state index is -0.701. The molecule has 1 aliphatic rings. The molecule has 5 heteroatoms. The molecule has 2 atom stereocenters. The van der Waals surface area contributed by atoms with Crippen LogP contribution in [-0.4, -0.2) is 40.5 Å². The fourth-order valence-corrected chi connectivity index (χ4v) is 1.95. The first-order chi connectivity index (χ1) is 7.61. The van der Waals surface area contributed by atoms with Crippen LogP contribution in [-0.2, 0) is 6.54 Å². The van der Waals surface area contributed by atoms with Crippen LogP contribution >= 0.6 is 0 Å². The molecule has 1 saturated heterocycles. The Balaban J connectivity index is 2.29. The molecule has 0 bridgehead atoms. The Morgan fingerprint density at radius 2 is 2.00 bits per heavy atom. The molecule has 0 radical (unpaired) electrons. The van der Waals surface area contributed by atoms with E-state index in [4.69, 9.17) is 5.73 Å². The Kier molecular flexibility index (Phi) is 3.09. The Bertz CT molecular complexity index is 373. The number of aliphatic hydroxyl groups is 2. The van der Waals surface area contributed by atoms with Gasteiger partial charge in [-0.2, -0.15) is 0 Å². The number of nitrogens with two attached hydrogens (primary N) is 1. The van der Waals surface area contributed by atoms with Crippen molar-refractivity contribution in [2.24, 2.45) is 5.73 Å². The number of rotatable bonds is 2. The average molecular weight is 223 g/mol. The van der Waals surface area contributed by atoms with Crippen molar-refractivity contribution in [3.8, 4) is 0 Å². The number of hydrogen-bond acceptors (Lipinski definition) is 5. The highest BCUT2D eigenvalue weighted by molar-refractivity contribution is 5.49. The maximum Gasteiger partial charge on any atom is 0.133 e. The van der Waals surface area contributed by atoms with Crippen molar-refractivity contribution in [1.82, 2.24) is 4.98 Å². The minimum Gasteiger partial charge on any atom is -0.389 e. The first-order valence-corrected chi connectivity index (χ1v) is 5.39. The molecule has 2 heterocycles. The van der Waals surface area contributed by atoms with Gasteiger partial charge in [-0.05, 0) is 13.0 Å². The van der Waals surface area contributed by atoms with Gasteiger partial charge in [0.2, 0.25) is 0 Å². The number of nitrogens with zero attached hydrogens (tertiary/aromatic N) is 2. The van der Waals surface area contributed by atoms with Crippen LogP contribution in [0.5, 0.6) is 0 Å². The van der Waals surface area contributed by atoms with Crippen molar-refractivity contribution in [3.63, 3.8) is 0 Å². The molecule has 2 unspecified atom stereocenters. The largest absolute Gasteiger partial charge is 0.389 e. The van der Waals surface area contributed by atoms with E-state index in [9.17, 15) is 10.2 Å². The molecule has 16 heavy (non-hydrogen) atoms. The number of aromatic nitrogens is 1. The summed E-state index contributed by atoms with van der Waals surface area (Å²) in [6.45, 7) is 3.13. The predicted molar refractivity (Wildman–Crippen MR) is 61.1 cm³/mol. The average Bonchev–Trinajstić information content (AvgIpc) is 2.59. The van der Waals surface area contributed by atoms with E-state index in [2.05, 4.69) is 4.98 Å². The van der Waals surface area contributed by atoms with E-state index < -0.39 is 12.2 Å². The maximum absolute atomic E-state index is 9.51. The summed E-state index contributed by atoms with van der Waals surface area (Å²) in [6.07, 6.45) is -1.40. The van der Waals surface area contributed by atoms with Crippen molar-refractivity contribution in [2.45, 2.75) is 25.7 Å². The zero-order valence-electron chi connectivity index (χ0n) is 9.30. The SMILES string of the molecule is Cc1ccc(CN)c(N2CC(O)C(O)C2)n1. The van der Waals surface area contributed by atoms with Crippen molar-refractivity contribution in [2.75, 3.05) is 18.0 Å². The summed E-state index contributed by atoms with van der Waals surface area (Å²) in [4.78, 5) is 6.30. The van der Waals surface area contributed by atoms with E-state index in [1.807, 2.05) is 24.0 Å². The summed E-state index contributed by atoms with van der Waals surface area (Å²) in [5, 5.41) is 19.0. The molecule has 0 aromatic carbocycles. The fraction of sp³-hybridized carbons (Fsp3) is 0.545. The van der Waals surface area contributed by atoms with Gasteiger partial charge in [0, 0.05) is 30.9 Å². The first-order valence-electron chi connectivity index (χ1n) is 5.39. The van der Waals surface area contributed by atoms with Crippen LogP contribution in [0.4, 0.5) is 5.82 Å². The monoisotopic (exact) mass is 223 g/mol. The second-order valence-corrected chi connectivity index (χ2v) is 4.18. The quantitative estimate of drug-likeness (QED) is 0.623. The third-order valence-electron chi connectivity index (χ3n) is 2.87. The molecular formula is C11H17N3O2. The maximum atomic E-state index is 9.51. The van der Waals surface area contributed by atoms with Crippen molar-refractivity contribution >= 4 is 5.82 Å². The standard InChI is InChI=1S/C11H17N3O2/c1-7-2-3-8(4-12)11(13-7)14-5-9(15)10(16)6-14/h2-3,9-10,15-16H,4-6,12H2,1H3. The molecule has 1 aromatic heterocycles. The highest BCUT2D eigenvalue weighted by Gasteiger charge is 2.31. The van der Waals surface area contributed by atoms with Gasteiger partial charge in [0.1, 0.15) is 5.82 Å². The second kappa shape index (κ2) is 4.37. The Morgan fingerprint density at radius 3 is 2.56 bits per heavy atom. The van der Waals surface area contributed by atoms with E-state index >= 15 is 0 Å². The molecule has 0 amide bonds. The topological polar surface area (TPSA) is 82.6 Å². The zero-order chi connectivity index (χ0) is 11.7. The van der Waals surface area contributed by atoms with Gasteiger partial charge in [-0.3, -0.25) is 0 Å². The Labute approximate surface area is 94.5 Å². The van der Waals surface area contributed by atoms with Crippen LogP contribution in [0.25, 0.3) is 0 Å². The van der Waals surface area contributed by atoms with E-state index in [0.717, 1.165) is 17.1 Å². The molecule has 0 aliphatic carbocycles. The number of pyridine rings is 1. The number of anilines is 1. The summed E-state index contributed by atoms with van der Waals surface area (Å²) in [7, 11) is 0. The highest BCUT2D eigenvalue weighted by Crippen LogP contribution is 2.23. The van der Waals surface area contributed by atoms with Crippen LogP contribution < -0.4 is 10.6 Å². The lowest BCUT2D eigenvalue weighted by molar-refractivity contribution is 0.0572. The molecule has 1 fully saturated rings. The number of aliphatic hydroxyl groups excluding tert-OH is 2. The third-order valence-corrected chi connectivity index (χ3v) is 2.87. The second-order valence-electron chi connectivity index (χ2n) is 4.18. The lowest BCUT2D eigenvalue weighted by Crippen LogP contribution is -2.24. The molecule has 88 valence electrons. The summed E-state index contributed by atoms with van der Waals surface area (Å²) in [6, 6.07) is 3.85. The van der Waals surface area contributed by atoms with Gasteiger partial charge in [-0.1, -0.05) is 6.07 Å². The van der Waals surface area contributed by atoms with E-state index in [1.54, 1.807) is 0 Å². The van der Waals surface area contributed by atoms with Crippen LogP contribution in [0.1, 0.15) is 11.3 Å². The Morgan fingerprint density at radius 1 is 1.38 bits per heavy atom. The van der Waals surface area contributed by atoms with Gasteiger partial charge in [0.15, 0.2) is 0 Å². The molecule has 1 aliphatic heterocycles. The number of hydrogen-bond donors (Lipinski definition) is 3. The van der Waals surface area contributed by atoms with Gasteiger partial charge in [0.25, 0.3) is 0 Å². The smallest absolute Gasteiger partial charge is 0.133 e. The van der Waals surface area contributed by atoms with Crippen molar-refractivity contribution in [3.05, 3.63) is 23.4 Å². The van der Waals surface area contributed by atoms with Gasteiger partial charge in [-0.15, -0.1) is 0 Å². The summed E-state index contributed by atoms with van der Waals surface area (Å²) < 4.78 is 0. The minimum absolute atomic E-state index is 0.407. The Hall–Kier alpha value is -1.17. The first kappa shape index (κ1) is 11.3. The predicted octanol–water partition coefficient (Wildman–Crippen LogP) is -0.609. The van der Waals surface area contributed by atoms with Crippen LogP contribution in [0.3, 0.4) is 0 Å². The summed E-state index contributed by atoms with van der Waals surface area (Å²) >= 11 is 0. The van der Waals surface area contributed by atoms with E-state index in [-0.39, 0.29) is 0 Å². The molecule has 0 spiro atoms. The van der Waals surface area contributed by atoms with Crippen LogP contribution in [0, 0.1) is 6.92 Å². The molecule has 5 nitrogen and oxygen atoms in total. The van der Waals surface area contributed by atoms with Gasteiger partial charge >= 0.3 is 0 Å². The molecule has 1 aromatic rings. The highest BCUT2D eigenvalue weighted by atomic mass is 16.3. The van der Waals surface area contributed by atoms with Gasteiger partial charge < -0.3 is 20.8 Å². The van der Waals surface area contributed by atoms with Gasteiger partial charge in [0.05, 0.1) is 12.2 Å². The number of β-amino-alcohol motifs (C(OH)–C–C–N with tert-alkyl or cyclic N) is 2. The van der Waals surface area contributed by atoms with Crippen molar-refractivity contribution < 1.29 is 10.2 Å². The molecule has 2 rings (SSSR count). The molecular weight excluding hydrogens is 206 g/mol. The molecule has 4 N–H and O–H groups in total.